The number of rotatable bonds is 12. The Balaban J connectivity index is 1.72. The minimum absolute atomic E-state index is 0.0894. The lowest BCUT2D eigenvalue weighted by Crippen LogP contribution is -2.45. The fraction of sp³-hybridized carbons (Fsp3) is 0.487. The molecule has 1 aliphatic carbocycles. The van der Waals surface area contributed by atoms with Crippen LogP contribution in [-0.4, -0.2) is 62.6 Å². The molecule has 52 heavy (non-hydrogen) atoms. The van der Waals surface area contributed by atoms with E-state index in [1.807, 2.05) is 36.4 Å². The van der Waals surface area contributed by atoms with Gasteiger partial charge >= 0.3 is 5.97 Å². The summed E-state index contributed by atoms with van der Waals surface area (Å²) in [6.45, 7) is 11.8. The van der Waals surface area contributed by atoms with E-state index in [1.165, 1.54) is 12.1 Å². The molecule has 282 valence electrons. The van der Waals surface area contributed by atoms with E-state index in [0.29, 0.717) is 46.7 Å². The Hall–Kier alpha value is -3.46. The zero-order valence-electron chi connectivity index (χ0n) is 30.6. The van der Waals surface area contributed by atoms with Crippen molar-refractivity contribution in [2.24, 2.45) is 0 Å². The molecule has 0 bridgehead atoms. The highest BCUT2D eigenvalue weighted by Gasteiger charge is 2.36. The average Bonchev–Trinajstić information content (AvgIpc) is 3.13. The van der Waals surface area contributed by atoms with Gasteiger partial charge < -0.3 is 19.7 Å². The Morgan fingerprint density at radius 1 is 0.923 bits per heavy atom. The van der Waals surface area contributed by atoms with Crippen LogP contribution in [-0.2, 0) is 24.2 Å². The van der Waals surface area contributed by atoms with Crippen LogP contribution in [0.15, 0.2) is 68.8 Å². The van der Waals surface area contributed by atoms with Crippen molar-refractivity contribution in [1.82, 2.24) is 8.88 Å². The monoisotopic (exact) mass is 753 g/mol. The first-order valence-corrected chi connectivity index (χ1v) is 20.7. The van der Waals surface area contributed by atoms with Gasteiger partial charge in [-0.1, -0.05) is 51.0 Å². The number of nitrogens with zero attached hydrogens (tertiary/aromatic N) is 3. The highest BCUT2D eigenvalue weighted by atomic mass is 32.2. The van der Waals surface area contributed by atoms with Gasteiger partial charge in [-0.2, -0.15) is 8.64 Å². The highest BCUT2D eigenvalue weighted by molar-refractivity contribution is 7.94. The largest absolute Gasteiger partial charge is 0.691 e. The van der Waals surface area contributed by atoms with Crippen molar-refractivity contribution in [3.05, 3.63) is 60.0 Å². The number of anilines is 1. The van der Waals surface area contributed by atoms with E-state index in [0.717, 1.165) is 96.6 Å². The number of hydrogen-bond donors (Lipinski definition) is 1. The number of hydrogen-bond acceptors (Lipinski definition) is 9. The molecule has 13 heteroatoms. The maximum Gasteiger partial charge on any atom is 0.322 e. The van der Waals surface area contributed by atoms with Crippen LogP contribution in [0.1, 0.15) is 85.5 Å². The van der Waals surface area contributed by atoms with Crippen LogP contribution < -0.4 is 20.1 Å². The molecule has 1 N–H and O–H groups in total. The van der Waals surface area contributed by atoms with Gasteiger partial charge in [0, 0.05) is 58.9 Å². The molecule has 2 heterocycles. The van der Waals surface area contributed by atoms with Crippen molar-refractivity contribution in [3.63, 3.8) is 0 Å². The van der Waals surface area contributed by atoms with E-state index in [-0.39, 0.29) is 17.9 Å². The van der Waals surface area contributed by atoms with Crippen molar-refractivity contribution in [2.75, 3.05) is 37.6 Å². The number of carboxylic acid groups (broad SMARTS) is 1. The molecule has 1 unspecified atom stereocenters. The fourth-order valence-corrected chi connectivity index (χ4v) is 9.64. The van der Waals surface area contributed by atoms with E-state index < -0.39 is 22.0 Å². The SMILES string of the molecule is CCN(CC)c1ccc2c(-c3ccc(S(=O)(=O)N4CCCCCCCCCCC4C(=O)O)cc3SOO[O-])c3ccc(=[N+](CC)CC)cc-3oc2c1. The zero-order valence-corrected chi connectivity index (χ0v) is 32.3. The minimum Gasteiger partial charge on any atom is -0.691 e. The summed E-state index contributed by atoms with van der Waals surface area (Å²) in [7, 11) is -4.28. The molecule has 3 aliphatic rings. The van der Waals surface area contributed by atoms with Gasteiger partial charge in [-0.3, -0.25) is 9.83 Å². The van der Waals surface area contributed by atoms with Crippen LogP contribution in [0.2, 0.25) is 0 Å². The van der Waals surface area contributed by atoms with E-state index in [4.69, 9.17) is 8.75 Å². The molecule has 1 atom stereocenters. The maximum absolute atomic E-state index is 14.4. The number of sulfonamides is 1. The molecule has 0 spiro atoms. The summed E-state index contributed by atoms with van der Waals surface area (Å²) in [5.41, 5.74) is 3.80. The van der Waals surface area contributed by atoms with E-state index in [2.05, 4.69) is 42.2 Å². The summed E-state index contributed by atoms with van der Waals surface area (Å²) in [5.74, 6) is -0.519. The van der Waals surface area contributed by atoms with Crippen molar-refractivity contribution in [3.8, 4) is 22.5 Å². The van der Waals surface area contributed by atoms with Gasteiger partial charge in [0.1, 0.15) is 30.5 Å². The number of fused-ring (bicyclic) bond motifs is 2. The van der Waals surface area contributed by atoms with Crippen LogP contribution in [0.3, 0.4) is 0 Å². The van der Waals surface area contributed by atoms with Crippen LogP contribution in [0, 0.1) is 0 Å². The molecule has 1 fully saturated rings. The van der Waals surface area contributed by atoms with Crippen molar-refractivity contribution in [1.29, 1.82) is 0 Å². The summed E-state index contributed by atoms with van der Waals surface area (Å²) in [6, 6.07) is 15.6. The first-order chi connectivity index (χ1) is 25.2. The molecule has 2 aromatic rings. The van der Waals surface area contributed by atoms with Gasteiger partial charge in [0.05, 0.1) is 23.0 Å². The predicted octanol–water partition coefficient (Wildman–Crippen LogP) is 7.06. The van der Waals surface area contributed by atoms with Crippen LogP contribution in [0.5, 0.6) is 0 Å². The highest BCUT2D eigenvalue weighted by Crippen LogP contribution is 2.45. The molecule has 2 aromatic carbocycles. The fourth-order valence-electron chi connectivity index (χ4n) is 7.35. The lowest BCUT2D eigenvalue weighted by Gasteiger charge is -2.29. The third-order valence-electron chi connectivity index (χ3n) is 10.2. The van der Waals surface area contributed by atoms with Crippen LogP contribution >= 0.6 is 12.0 Å². The Bertz CT molecular complexity index is 1970. The second-order valence-corrected chi connectivity index (χ2v) is 15.8. The number of benzene rings is 3. The van der Waals surface area contributed by atoms with E-state index >= 15 is 0 Å². The van der Waals surface area contributed by atoms with Crippen molar-refractivity contribution < 1.29 is 37.4 Å². The Morgan fingerprint density at radius 3 is 2.25 bits per heavy atom. The van der Waals surface area contributed by atoms with E-state index in [1.54, 1.807) is 6.07 Å². The molecule has 11 nitrogen and oxygen atoms in total. The quantitative estimate of drug-likeness (QED) is 0.0527. The Morgan fingerprint density at radius 2 is 1.60 bits per heavy atom. The number of carboxylic acids is 1. The summed E-state index contributed by atoms with van der Waals surface area (Å²) in [4.78, 5) is 15.0. The summed E-state index contributed by atoms with van der Waals surface area (Å²) < 4.78 is 43.7. The second-order valence-electron chi connectivity index (χ2n) is 13.1. The van der Waals surface area contributed by atoms with Gasteiger partial charge in [-0.15, -0.1) is 0 Å². The summed E-state index contributed by atoms with van der Waals surface area (Å²) in [5, 5.41) is 27.0. The topological polar surface area (TPSA) is 136 Å². The third-order valence-corrected chi connectivity index (χ3v) is 12.7. The van der Waals surface area contributed by atoms with Crippen molar-refractivity contribution in [2.45, 2.75) is 101 Å². The molecular formula is C39H51N3O8S2. The van der Waals surface area contributed by atoms with Crippen LogP contribution in [0.25, 0.3) is 33.4 Å². The van der Waals surface area contributed by atoms with Gasteiger partial charge in [0.15, 0.2) is 0 Å². The molecular weight excluding hydrogens is 703 g/mol. The van der Waals surface area contributed by atoms with Gasteiger partial charge in [0.25, 0.3) is 0 Å². The zero-order chi connectivity index (χ0) is 37.3. The normalized spacial score (nSPS) is 16.8. The molecule has 1 saturated heterocycles. The standard InChI is InChI=1S/C39H51N3O8S2/c1-5-40(6-2)28-18-21-31-35(25-28)48-36-26-29(41(7-3)8-4)19-22-32(36)38(31)33-23-20-30(27-37(33)51-50-49-45)52(46,47)42-24-16-14-12-10-9-11-13-15-17-34(42)39(43)44/h18-23,25-27,34H,5-17,24H2,1-4H3,(H-,43,44,45). The molecule has 0 radical (unpaired) electrons. The molecule has 0 saturated carbocycles. The van der Waals surface area contributed by atoms with Gasteiger partial charge in [-0.25, -0.2) is 13.0 Å². The van der Waals surface area contributed by atoms with E-state index in [9.17, 15) is 23.6 Å². The Labute approximate surface area is 311 Å². The molecule has 2 aliphatic heterocycles. The van der Waals surface area contributed by atoms with Crippen LogP contribution in [0.4, 0.5) is 5.69 Å². The first kappa shape index (κ1) is 39.7. The smallest absolute Gasteiger partial charge is 0.322 e. The molecule has 0 aromatic heterocycles. The lowest BCUT2D eigenvalue weighted by atomic mass is 9.93. The number of aliphatic carboxylic acids is 1. The van der Waals surface area contributed by atoms with Gasteiger partial charge in [-0.05, 0) is 76.4 Å². The number of carbonyl (C=O) groups is 1. The Kier molecular flexibility index (Phi) is 14.2. The van der Waals surface area contributed by atoms with Gasteiger partial charge in [0.2, 0.25) is 15.4 Å². The molecule has 0 amide bonds. The maximum atomic E-state index is 14.4. The summed E-state index contributed by atoms with van der Waals surface area (Å²) in [6.07, 6.45) is 7.28. The second kappa shape index (κ2) is 18.5. The molecule has 5 rings (SSSR count). The first-order valence-electron chi connectivity index (χ1n) is 18.5. The average molecular weight is 754 g/mol. The predicted molar refractivity (Wildman–Crippen MR) is 203 cm³/mol. The lowest BCUT2D eigenvalue weighted by molar-refractivity contribution is -0.777. The summed E-state index contributed by atoms with van der Waals surface area (Å²) >= 11 is 0.611. The van der Waals surface area contributed by atoms with Crippen molar-refractivity contribution >= 4 is 44.7 Å². The third kappa shape index (κ3) is 8.83. The minimum atomic E-state index is -4.28.